The standard InChI is InChI=1S/C11H5Cl3N2O3/c12-6-1-3-9(7(13)5-6)19-11-8(16(17)18)2-4-10(14)15-11/h1-5H. The van der Waals surface area contributed by atoms with E-state index in [0.717, 1.165) is 0 Å². The molecule has 0 bridgehead atoms. The van der Waals surface area contributed by atoms with E-state index in [1.54, 1.807) is 6.07 Å². The van der Waals surface area contributed by atoms with Crippen LogP contribution in [0.15, 0.2) is 30.3 Å². The molecule has 5 nitrogen and oxygen atoms in total. The van der Waals surface area contributed by atoms with Gasteiger partial charge in [-0.1, -0.05) is 34.8 Å². The Morgan fingerprint density at radius 2 is 1.89 bits per heavy atom. The summed E-state index contributed by atoms with van der Waals surface area (Å²) in [5.74, 6) is -0.0364. The molecule has 0 atom stereocenters. The number of nitrogens with zero attached hydrogens (tertiary/aromatic N) is 2. The van der Waals surface area contributed by atoms with E-state index in [1.165, 1.54) is 24.3 Å². The summed E-state index contributed by atoms with van der Waals surface area (Å²) < 4.78 is 5.31. The minimum absolute atomic E-state index is 0.0747. The van der Waals surface area contributed by atoms with Crippen molar-refractivity contribution in [1.29, 1.82) is 0 Å². The van der Waals surface area contributed by atoms with Gasteiger partial charge in [-0.15, -0.1) is 0 Å². The maximum atomic E-state index is 10.9. The van der Waals surface area contributed by atoms with Crippen LogP contribution in [0.3, 0.4) is 0 Å². The molecular formula is C11H5Cl3N2O3. The van der Waals surface area contributed by atoms with Gasteiger partial charge in [-0.2, -0.15) is 4.98 Å². The van der Waals surface area contributed by atoms with Crippen LogP contribution in [0, 0.1) is 10.1 Å². The van der Waals surface area contributed by atoms with E-state index in [1.807, 2.05) is 0 Å². The molecule has 0 amide bonds. The Balaban J connectivity index is 2.42. The highest BCUT2D eigenvalue weighted by Gasteiger charge is 2.19. The normalized spacial score (nSPS) is 10.3. The lowest BCUT2D eigenvalue weighted by molar-refractivity contribution is -0.386. The third-order valence-electron chi connectivity index (χ3n) is 2.10. The molecule has 0 fully saturated rings. The molecule has 0 spiro atoms. The summed E-state index contributed by atoms with van der Waals surface area (Å²) in [7, 11) is 0. The first-order valence-corrected chi connectivity index (χ1v) is 6.04. The first kappa shape index (κ1) is 13.9. The molecule has 2 aromatic rings. The van der Waals surface area contributed by atoms with Crippen LogP contribution in [0.2, 0.25) is 15.2 Å². The Morgan fingerprint density at radius 3 is 2.53 bits per heavy atom. The number of pyridine rings is 1. The van der Waals surface area contributed by atoms with Gasteiger partial charge >= 0.3 is 11.6 Å². The first-order valence-electron chi connectivity index (χ1n) is 4.91. The van der Waals surface area contributed by atoms with Crippen molar-refractivity contribution >= 4 is 40.5 Å². The van der Waals surface area contributed by atoms with Crippen molar-refractivity contribution in [2.24, 2.45) is 0 Å². The number of ether oxygens (including phenoxy) is 1. The Bertz CT molecular complexity index is 649. The molecule has 0 saturated heterocycles. The fraction of sp³-hybridized carbons (Fsp3) is 0. The second-order valence-corrected chi connectivity index (χ2v) is 4.62. The highest BCUT2D eigenvalue weighted by molar-refractivity contribution is 6.35. The molecule has 2 rings (SSSR count). The Kier molecular flexibility index (Phi) is 4.09. The van der Waals surface area contributed by atoms with Crippen molar-refractivity contribution in [2.75, 3.05) is 0 Å². The van der Waals surface area contributed by atoms with E-state index in [0.29, 0.717) is 5.02 Å². The number of rotatable bonds is 3. The van der Waals surface area contributed by atoms with Gasteiger partial charge in [-0.3, -0.25) is 10.1 Å². The van der Waals surface area contributed by atoms with E-state index >= 15 is 0 Å². The lowest BCUT2D eigenvalue weighted by Crippen LogP contribution is -1.96. The molecule has 0 unspecified atom stereocenters. The molecule has 0 N–H and O–H groups in total. The van der Waals surface area contributed by atoms with Crippen molar-refractivity contribution in [3.63, 3.8) is 0 Å². The maximum Gasteiger partial charge on any atom is 0.331 e. The average Bonchev–Trinajstić information content (AvgIpc) is 2.32. The highest BCUT2D eigenvalue weighted by Crippen LogP contribution is 2.35. The topological polar surface area (TPSA) is 65.3 Å². The fourth-order valence-electron chi connectivity index (χ4n) is 1.29. The van der Waals surface area contributed by atoms with Crippen molar-refractivity contribution < 1.29 is 9.66 Å². The van der Waals surface area contributed by atoms with Gasteiger partial charge in [0.2, 0.25) is 0 Å². The molecule has 8 heteroatoms. The van der Waals surface area contributed by atoms with Crippen LogP contribution in [0.4, 0.5) is 5.69 Å². The molecule has 0 radical (unpaired) electrons. The molecular weight excluding hydrogens is 314 g/mol. The summed E-state index contributed by atoms with van der Waals surface area (Å²) in [5, 5.41) is 11.6. The summed E-state index contributed by atoms with van der Waals surface area (Å²) in [6.45, 7) is 0. The van der Waals surface area contributed by atoms with E-state index in [-0.39, 0.29) is 27.5 Å². The van der Waals surface area contributed by atoms with E-state index in [9.17, 15) is 10.1 Å². The number of benzene rings is 1. The number of hydrogen-bond donors (Lipinski definition) is 0. The maximum absolute atomic E-state index is 10.9. The van der Waals surface area contributed by atoms with Gasteiger partial charge in [-0.25, -0.2) is 0 Å². The zero-order chi connectivity index (χ0) is 14.0. The molecule has 19 heavy (non-hydrogen) atoms. The van der Waals surface area contributed by atoms with Gasteiger partial charge in [0.25, 0.3) is 0 Å². The highest BCUT2D eigenvalue weighted by atomic mass is 35.5. The predicted molar refractivity (Wildman–Crippen MR) is 72.4 cm³/mol. The smallest absolute Gasteiger partial charge is 0.331 e. The van der Waals surface area contributed by atoms with Crippen molar-refractivity contribution in [1.82, 2.24) is 4.98 Å². The molecule has 0 aliphatic carbocycles. The Labute approximate surface area is 122 Å². The van der Waals surface area contributed by atoms with Gasteiger partial charge < -0.3 is 4.74 Å². The lowest BCUT2D eigenvalue weighted by atomic mass is 10.3. The summed E-state index contributed by atoms with van der Waals surface area (Å²) in [4.78, 5) is 14.0. The average molecular weight is 320 g/mol. The number of nitro groups is 1. The van der Waals surface area contributed by atoms with Crippen LogP contribution in [0.1, 0.15) is 0 Å². The van der Waals surface area contributed by atoms with Crippen LogP contribution in [0.5, 0.6) is 11.6 Å². The molecule has 0 aliphatic rings. The van der Waals surface area contributed by atoms with E-state index in [4.69, 9.17) is 39.5 Å². The van der Waals surface area contributed by atoms with Gasteiger partial charge in [0.15, 0.2) is 0 Å². The molecule has 0 aliphatic heterocycles. The largest absolute Gasteiger partial charge is 0.432 e. The van der Waals surface area contributed by atoms with Gasteiger partial charge in [-0.05, 0) is 24.3 Å². The van der Waals surface area contributed by atoms with Crippen LogP contribution < -0.4 is 4.74 Å². The Hall–Kier alpha value is -1.56. The quantitative estimate of drug-likeness (QED) is 0.465. The van der Waals surface area contributed by atoms with Crippen LogP contribution >= 0.6 is 34.8 Å². The monoisotopic (exact) mass is 318 g/mol. The number of aromatic nitrogens is 1. The van der Waals surface area contributed by atoms with Gasteiger partial charge in [0, 0.05) is 11.1 Å². The summed E-state index contributed by atoms with van der Waals surface area (Å²) >= 11 is 17.3. The Morgan fingerprint density at radius 1 is 1.16 bits per heavy atom. The fourth-order valence-corrected chi connectivity index (χ4v) is 1.87. The lowest BCUT2D eigenvalue weighted by Gasteiger charge is -2.07. The molecule has 98 valence electrons. The third kappa shape index (κ3) is 3.26. The van der Waals surface area contributed by atoms with Crippen molar-refractivity contribution in [2.45, 2.75) is 0 Å². The summed E-state index contributed by atoms with van der Waals surface area (Å²) in [5.41, 5.74) is -0.310. The minimum Gasteiger partial charge on any atom is -0.432 e. The number of halogens is 3. The number of hydrogen-bond acceptors (Lipinski definition) is 4. The zero-order valence-electron chi connectivity index (χ0n) is 9.14. The van der Waals surface area contributed by atoms with E-state index < -0.39 is 4.92 Å². The van der Waals surface area contributed by atoms with Crippen molar-refractivity contribution in [3.05, 3.63) is 55.6 Å². The minimum atomic E-state index is -0.623. The van der Waals surface area contributed by atoms with Gasteiger partial charge in [0.1, 0.15) is 10.9 Å². The summed E-state index contributed by atoms with van der Waals surface area (Å²) in [6, 6.07) is 6.98. The first-order chi connectivity index (χ1) is 8.97. The van der Waals surface area contributed by atoms with E-state index in [2.05, 4.69) is 4.98 Å². The molecule has 0 saturated carbocycles. The van der Waals surface area contributed by atoms with Crippen LogP contribution in [-0.4, -0.2) is 9.91 Å². The van der Waals surface area contributed by atoms with Gasteiger partial charge in [0.05, 0.1) is 9.95 Å². The molecule has 1 aromatic heterocycles. The molecule has 1 aromatic carbocycles. The van der Waals surface area contributed by atoms with Crippen LogP contribution in [-0.2, 0) is 0 Å². The second-order valence-electron chi connectivity index (χ2n) is 3.39. The molecule has 1 heterocycles. The summed E-state index contributed by atoms with van der Waals surface area (Å²) in [6.07, 6.45) is 0. The van der Waals surface area contributed by atoms with Crippen molar-refractivity contribution in [3.8, 4) is 11.6 Å². The third-order valence-corrected chi connectivity index (χ3v) is 2.84. The predicted octanol–water partition coefficient (Wildman–Crippen LogP) is 4.74. The zero-order valence-corrected chi connectivity index (χ0v) is 11.4. The second kappa shape index (κ2) is 5.61. The SMILES string of the molecule is O=[N+]([O-])c1ccc(Cl)nc1Oc1ccc(Cl)cc1Cl. The van der Waals surface area contributed by atoms with Crippen LogP contribution in [0.25, 0.3) is 0 Å².